The molecule has 2 aromatic rings. The van der Waals surface area contributed by atoms with Crippen LogP contribution in [0.2, 0.25) is 0 Å². The van der Waals surface area contributed by atoms with Gasteiger partial charge in [0.25, 0.3) is 5.91 Å². The van der Waals surface area contributed by atoms with Crippen molar-refractivity contribution >= 4 is 11.6 Å². The second-order valence-electron chi connectivity index (χ2n) is 7.07. The van der Waals surface area contributed by atoms with Crippen LogP contribution < -0.4 is 10.6 Å². The SMILES string of the molecule is Cc1cc(CNc2cccc3c2CN(C2CCCNC2)C3=O)oc1C. The van der Waals surface area contributed by atoms with Crippen LogP contribution in [-0.2, 0) is 13.1 Å². The van der Waals surface area contributed by atoms with E-state index in [1.54, 1.807) is 0 Å². The number of carbonyl (C=O) groups excluding carboxylic acids is 1. The van der Waals surface area contributed by atoms with Gasteiger partial charge in [-0.1, -0.05) is 6.07 Å². The molecule has 25 heavy (non-hydrogen) atoms. The Labute approximate surface area is 148 Å². The number of rotatable bonds is 4. The fourth-order valence-electron chi connectivity index (χ4n) is 3.83. The number of fused-ring (bicyclic) bond motifs is 1. The molecule has 0 saturated carbocycles. The van der Waals surface area contributed by atoms with Gasteiger partial charge < -0.3 is 20.0 Å². The van der Waals surface area contributed by atoms with Crippen molar-refractivity contribution in [3.05, 3.63) is 52.5 Å². The number of piperidine rings is 1. The van der Waals surface area contributed by atoms with Crippen molar-refractivity contribution in [2.75, 3.05) is 18.4 Å². The van der Waals surface area contributed by atoms with E-state index in [1.165, 1.54) is 5.56 Å². The summed E-state index contributed by atoms with van der Waals surface area (Å²) in [6, 6.07) is 8.33. The normalized spacial score (nSPS) is 20.0. The van der Waals surface area contributed by atoms with E-state index in [9.17, 15) is 4.79 Å². The minimum Gasteiger partial charge on any atom is -0.464 e. The third-order valence-electron chi connectivity index (χ3n) is 5.38. The molecule has 1 saturated heterocycles. The molecule has 2 N–H and O–H groups in total. The molecular weight excluding hydrogens is 314 g/mol. The Kier molecular flexibility index (Phi) is 4.25. The van der Waals surface area contributed by atoms with Crippen molar-refractivity contribution in [3.63, 3.8) is 0 Å². The molecule has 1 atom stereocenters. The lowest BCUT2D eigenvalue weighted by Gasteiger charge is -2.31. The molecule has 1 fully saturated rings. The first kappa shape index (κ1) is 16.2. The summed E-state index contributed by atoms with van der Waals surface area (Å²) in [6.07, 6.45) is 2.22. The highest BCUT2D eigenvalue weighted by atomic mass is 16.3. The van der Waals surface area contributed by atoms with Crippen molar-refractivity contribution < 1.29 is 9.21 Å². The monoisotopic (exact) mass is 339 g/mol. The summed E-state index contributed by atoms with van der Waals surface area (Å²) in [5.41, 5.74) is 4.14. The molecule has 132 valence electrons. The van der Waals surface area contributed by atoms with E-state index in [4.69, 9.17) is 4.42 Å². The fourth-order valence-corrected chi connectivity index (χ4v) is 3.83. The van der Waals surface area contributed by atoms with Crippen LogP contribution in [0.15, 0.2) is 28.7 Å². The summed E-state index contributed by atoms with van der Waals surface area (Å²) in [7, 11) is 0. The molecule has 5 heteroatoms. The predicted octanol–water partition coefficient (Wildman–Crippen LogP) is 3.22. The zero-order chi connectivity index (χ0) is 17.4. The number of furan rings is 1. The minimum atomic E-state index is 0.164. The van der Waals surface area contributed by atoms with Gasteiger partial charge in [0.15, 0.2) is 0 Å². The third-order valence-corrected chi connectivity index (χ3v) is 5.38. The molecule has 0 bridgehead atoms. The van der Waals surface area contributed by atoms with E-state index in [2.05, 4.69) is 29.7 Å². The molecular formula is C20H25N3O2. The maximum absolute atomic E-state index is 12.8. The van der Waals surface area contributed by atoms with Crippen molar-refractivity contribution in [1.29, 1.82) is 0 Å². The number of anilines is 1. The van der Waals surface area contributed by atoms with Gasteiger partial charge in [-0.3, -0.25) is 4.79 Å². The summed E-state index contributed by atoms with van der Waals surface area (Å²) in [6.45, 7) is 7.31. The zero-order valence-corrected chi connectivity index (χ0v) is 14.9. The summed E-state index contributed by atoms with van der Waals surface area (Å²) in [4.78, 5) is 14.9. The van der Waals surface area contributed by atoms with E-state index in [-0.39, 0.29) is 5.91 Å². The van der Waals surface area contributed by atoms with Gasteiger partial charge >= 0.3 is 0 Å². The molecule has 0 radical (unpaired) electrons. The van der Waals surface area contributed by atoms with Gasteiger partial charge in [0, 0.05) is 35.9 Å². The van der Waals surface area contributed by atoms with Gasteiger partial charge in [-0.25, -0.2) is 0 Å². The predicted molar refractivity (Wildman–Crippen MR) is 97.7 cm³/mol. The van der Waals surface area contributed by atoms with Crippen LogP contribution >= 0.6 is 0 Å². The number of hydrogen-bond donors (Lipinski definition) is 2. The van der Waals surface area contributed by atoms with Crippen LogP contribution in [-0.4, -0.2) is 29.9 Å². The van der Waals surface area contributed by atoms with E-state index in [0.717, 1.165) is 54.3 Å². The first-order valence-electron chi connectivity index (χ1n) is 9.07. The Morgan fingerprint density at radius 2 is 2.24 bits per heavy atom. The average Bonchev–Trinajstić information content (AvgIpc) is 3.14. The lowest BCUT2D eigenvalue weighted by Crippen LogP contribution is -2.46. The van der Waals surface area contributed by atoms with Gasteiger partial charge in [-0.15, -0.1) is 0 Å². The molecule has 0 spiro atoms. The summed E-state index contributed by atoms with van der Waals surface area (Å²) in [5.74, 6) is 2.04. The van der Waals surface area contributed by atoms with E-state index >= 15 is 0 Å². The van der Waals surface area contributed by atoms with Crippen LogP contribution in [0.4, 0.5) is 5.69 Å². The van der Waals surface area contributed by atoms with Crippen LogP contribution in [0.1, 0.15) is 45.8 Å². The quantitative estimate of drug-likeness (QED) is 0.898. The van der Waals surface area contributed by atoms with Crippen molar-refractivity contribution in [2.45, 2.75) is 45.8 Å². The number of hydrogen-bond acceptors (Lipinski definition) is 4. The number of carbonyl (C=O) groups is 1. The average molecular weight is 339 g/mol. The van der Waals surface area contributed by atoms with Crippen LogP contribution in [0.25, 0.3) is 0 Å². The van der Waals surface area contributed by atoms with Crippen LogP contribution in [0, 0.1) is 13.8 Å². The molecule has 4 rings (SSSR count). The fraction of sp³-hybridized carbons (Fsp3) is 0.450. The molecule has 2 aliphatic heterocycles. The van der Waals surface area contributed by atoms with Crippen LogP contribution in [0.3, 0.4) is 0 Å². The Balaban J connectivity index is 1.52. The lowest BCUT2D eigenvalue weighted by molar-refractivity contribution is 0.0675. The lowest BCUT2D eigenvalue weighted by atomic mass is 10.1. The highest BCUT2D eigenvalue weighted by molar-refractivity contribution is 6.00. The Morgan fingerprint density at radius 1 is 1.36 bits per heavy atom. The van der Waals surface area contributed by atoms with E-state index in [1.807, 2.05) is 24.0 Å². The maximum Gasteiger partial charge on any atom is 0.254 e. The van der Waals surface area contributed by atoms with Crippen LogP contribution in [0.5, 0.6) is 0 Å². The molecule has 1 aromatic carbocycles. The van der Waals surface area contributed by atoms with Crippen molar-refractivity contribution in [3.8, 4) is 0 Å². The first-order valence-corrected chi connectivity index (χ1v) is 9.07. The van der Waals surface area contributed by atoms with Gasteiger partial charge in [0.05, 0.1) is 6.54 Å². The molecule has 0 aliphatic carbocycles. The maximum atomic E-state index is 12.8. The van der Waals surface area contributed by atoms with Gasteiger partial charge in [-0.05, 0) is 57.0 Å². The largest absolute Gasteiger partial charge is 0.464 e. The number of benzene rings is 1. The number of amides is 1. The smallest absolute Gasteiger partial charge is 0.254 e. The first-order chi connectivity index (χ1) is 12.1. The second-order valence-corrected chi connectivity index (χ2v) is 7.07. The topological polar surface area (TPSA) is 57.5 Å². The number of aryl methyl sites for hydroxylation is 2. The third kappa shape index (κ3) is 3.04. The summed E-state index contributed by atoms with van der Waals surface area (Å²) < 4.78 is 5.74. The number of nitrogens with one attached hydrogen (secondary N) is 2. The molecule has 1 unspecified atom stereocenters. The molecule has 2 aliphatic rings. The van der Waals surface area contributed by atoms with Crippen molar-refractivity contribution in [2.24, 2.45) is 0 Å². The standard InChI is InChI=1S/C20H25N3O2/c1-13-9-16(25-14(13)2)11-22-19-7-3-6-17-18(19)12-23(20(17)24)15-5-4-8-21-10-15/h3,6-7,9,15,21-22H,4-5,8,10-12H2,1-2H3. The number of nitrogens with zero attached hydrogens (tertiary/aromatic N) is 1. The van der Waals surface area contributed by atoms with Gasteiger partial charge in [-0.2, -0.15) is 0 Å². The summed E-state index contributed by atoms with van der Waals surface area (Å²) in [5, 5.41) is 6.86. The van der Waals surface area contributed by atoms with Gasteiger partial charge in [0.2, 0.25) is 0 Å². The van der Waals surface area contributed by atoms with E-state index in [0.29, 0.717) is 19.1 Å². The minimum absolute atomic E-state index is 0.164. The molecule has 1 amide bonds. The highest BCUT2D eigenvalue weighted by Crippen LogP contribution is 2.32. The highest BCUT2D eigenvalue weighted by Gasteiger charge is 2.34. The zero-order valence-electron chi connectivity index (χ0n) is 14.9. The molecule has 5 nitrogen and oxygen atoms in total. The van der Waals surface area contributed by atoms with E-state index < -0.39 is 0 Å². The second kappa shape index (κ2) is 6.56. The Hall–Kier alpha value is -2.27. The van der Waals surface area contributed by atoms with Crippen molar-refractivity contribution in [1.82, 2.24) is 10.2 Å². The summed E-state index contributed by atoms with van der Waals surface area (Å²) >= 11 is 0. The molecule has 1 aromatic heterocycles. The Bertz CT molecular complexity index is 771. The molecule has 3 heterocycles. The Morgan fingerprint density at radius 3 is 2.96 bits per heavy atom. The van der Waals surface area contributed by atoms with Gasteiger partial charge in [0.1, 0.15) is 11.5 Å².